The third-order valence-corrected chi connectivity index (χ3v) is 5.97. The van der Waals surface area contributed by atoms with Gasteiger partial charge in [-0.25, -0.2) is 0 Å². The lowest BCUT2D eigenvalue weighted by Gasteiger charge is -2.09. The molecule has 4 rings (SSSR count). The molecule has 2 aromatic carbocycles. The summed E-state index contributed by atoms with van der Waals surface area (Å²) in [6, 6.07) is 14.8. The fourth-order valence-corrected chi connectivity index (χ4v) is 3.86. The van der Waals surface area contributed by atoms with E-state index in [0.717, 1.165) is 22.6 Å². The van der Waals surface area contributed by atoms with Gasteiger partial charge in [-0.15, -0.1) is 0 Å². The van der Waals surface area contributed by atoms with Crippen LogP contribution in [0.4, 0.5) is 5.82 Å². The number of hydrogen-bond donors (Lipinski definition) is 1. The Kier molecular flexibility index (Phi) is 6.72. The van der Waals surface area contributed by atoms with Crippen molar-refractivity contribution in [3.8, 4) is 5.75 Å². The number of rotatable bonds is 7. The Morgan fingerprint density at radius 2 is 1.79 bits per heavy atom. The topological polar surface area (TPSA) is 82.2 Å². The van der Waals surface area contributed by atoms with Gasteiger partial charge in [-0.2, -0.15) is 5.10 Å². The van der Waals surface area contributed by atoms with E-state index in [1.807, 2.05) is 38.1 Å². The average Bonchev–Trinajstić information content (AvgIpc) is 3.32. The van der Waals surface area contributed by atoms with Crippen LogP contribution < -0.4 is 10.1 Å². The summed E-state index contributed by atoms with van der Waals surface area (Å²) in [7, 11) is 0. The summed E-state index contributed by atoms with van der Waals surface area (Å²) in [5.74, 6) is 1.20. The van der Waals surface area contributed by atoms with Crippen LogP contribution in [0.1, 0.15) is 38.6 Å². The van der Waals surface area contributed by atoms with Gasteiger partial charge >= 0.3 is 0 Å². The predicted octanol–water partition coefficient (Wildman–Crippen LogP) is 5.98. The number of amides is 1. The number of halogens is 2. The third kappa shape index (κ3) is 5.05. The van der Waals surface area contributed by atoms with Crippen LogP contribution in [0.15, 0.2) is 53.1 Å². The molecule has 0 aliphatic rings. The first-order valence-electron chi connectivity index (χ1n) is 10.3. The molecule has 0 saturated carbocycles. The lowest BCUT2D eigenvalue weighted by molar-refractivity contribution is 0.101. The van der Waals surface area contributed by atoms with Crippen molar-refractivity contribution in [2.45, 2.75) is 33.9 Å². The van der Waals surface area contributed by atoms with Crippen LogP contribution in [0.3, 0.4) is 0 Å². The molecule has 2 heterocycles. The van der Waals surface area contributed by atoms with E-state index in [0.29, 0.717) is 33.7 Å². The van der Waals surface area contributed by atoms with Crippen LogP contribution in [0.2, 0.25) is 10.0 Å². The predicted molar refractivity (Wildman–Crippen MR) is 127 cm³/mol. The van der Waals surface area contributed by atoms with Crippen molar-refractivity contribution in [1.29, 1.82) is 0 Å². The standard InChI is InChI=1S/C24H22Cl2N4O3/c1-14-7-4-5-10-21(14)32-13-18-16(3)33-29-23(18)24(31)27-22-11-15(2)30(28-22)12-17-19(25)8-6-9-20(17)26/h4-11H,12-13H2,1-3H3,(H,27,28,31). The number of carbonyl (C=O) groups excluding carboxylic acids is 1. The minimum atomic E-state index is -0.435. The van der Waals surface area contributed by atoms with Crippen molar-refractivity contribution in [2.75, 3.05) is 5.32 Å². The lowest BCUT2D eigenvalue weighted by atomic mass is 10.2. The molecule has 0 aliphatic heterocycles. The number of para-hydroxylation sites is 1. The Hall–Kier alpha value is -3.29. The first-order chi connectivity index (χ1) is 15.8. The van der Waals surface area contributed by atoms with Crippen LogP contribution >= 0.6 is 23.2 Å². The molecule has 0 bridgehead atoms. The van der Waals surface area contributed by atoms with E-state index >= 15 is 0 Å². The summed E-state index contributed by atoms with van der Waals surface area (Å²) in [6.45, 7) is 6.11. The van der Waals surface area contributed by atoms with E-state index in [9.17, 15) is 4.79 Å². The quantitative estimate of drug-likeness (QED) is 0.348. The number of aromatic nitrogens is 3. The Morgan fingerprint density at radius 3 is 2.52 bits per heavy atom. The summed E-state index contributed by atoms with van der Waals surface area (Å²) in [5, 5.41) is 12.3. The molecule has 170 valence electrons. The number of aryl methyl sites for hydroxylation is 3. The maximum Gasteiger partial charge on any atom is 0.279 e. The van der Waals surface area contributed by atoms with E-state index in [-0.39, 0.29) is 12.3 Å². The molecular formula is C24H22Cl2N4O3. The lowest BCUT2D eigenvalue weighted by Crippen LogP contribution is -2.16. The summed E-state index contributed by atoms with van der Waals surface area (Å²) >= 11 is 12.6. The molecular weight excluding hydrogens is 463 g/mol. The molecule has 2 aromatic heterocycles. The second kappa shape index (κ2) is 9.68. The zero-order chi connectivity index (χ0) is 23.5. The monoisotopic (exact) mass is 484 g/mol. The third-order valence-electron chi connectivity index (χ3n) is 5.26. The molecule has 0 aliphatic carbocycles. The van der Waals surface area contributed by atoms with Crippen molar-refractivity contribution in [3.05, 3.63) is 92.4 Å². The number of hydrogen-bond acceptors (Lipinski definition) is 5. The van der Waals surface area contributed by atoms with Crippen LogP contribution in [0.5, 0.6) is 5.75 Å². The van der Waals surface area contributed by atoms with Gasteiger partial charge in [0.05, 0.1) is 12.1 Å². The van der Waals surface area contributed by atoms with Gasteiger partial charge in [0.1, 0.15) is 18.1 Å². The molecule has 7 nitrogen and oxygen atoms in total. The highest BCUT2D eigenvalue weighted by Crippen LogP contribution is 2.26. The fraction of sp³-hybridized carbons (Fsp3) is 0.208. The molecule has 1 N–H and O–H groups in total. The number of anilines is 1. The Balaban J connectivity index is 1.49. The Labute approximate surface area is 201 Å². The highest BCUT2D eigenvalue weighted by atomic mass is 35.5. The first-order valence-corrected chi connectivity index (χ1v) is 11.0. The number of nitrogens with zero attached hydrogens (tertiary/aromatic N) is 3. The Bertz CT molecular complexity index is 1290. The minimum Gasteiger partial charge on any atom is -0.488 e. The summed E-state index contributed by atoms with van der Waals surface area (Å²) in [6.07, 6.45) is 0. The molecule has 0 fully saturated rings. The molecule has 0 spiro atoms. The van der Waals surface area contributed by atoms with Gasteiger partial charge in [0, 0.05) is 27.4 Å². The van der Waals surface area contributed by atoms with Crippen LogP contribution in [0.25, 0.3) is 0 Å². The normalized spacial score (nSPS) is 10.9. The molecule has 33 heavy (non-hydrogen) atoms. The first kappa shape index (κ1) is 22.9. The SMILES string of the molecule is Cc1ccccc1OCc1c(C(=O)Nc2cc(C)n(Cc3c(Cl)cccc3Cl)n2)noc1C. The molecule has 4 aromatic rings. The van der Waals surface area contributed by atoms with Gasteiger partial charge in [0.2, 0.25) is 0 Å². The molecule has 0 atom stereocenters. The molecule has 0 saturated heterocycles. The zero-order valence-electron chi connectivity index (χ0n) is 18.4. The molecule has 0 radical (unpaired) electrons. The van der Waals surface area contributed by atoms with Gasteiger partial charge in [0.25, 0.3) is 5.91 Å². The van der Waals surface area contributed by atoms with E-state index in [1.54, 1.807) is 35.9 Å². The van der Waals surface area contributed by atoms with E-state index in [2.05, 4.69) is 15.6 Å². The molecule has 9 heteroatoms. The van der Waals surface area contributed by atoms with Gasteiger partial charge < -0.3 is 14.6 Å². The van der Waals surface area contributed by atoms with Gasteiger partial charge in [-0.1, -0.05) is 52.6 Å². The van der Waals surface area contributed by atoms with Crippen molar-refractivity contribution in [3.63, 3.8) is 0 Å². The number of nitrogens with one attached hydrogen (secondary N) is 1. The van der Waals surface area contributed by atoms with E-state index in [4.69, 9.17) is 32.5 Å². The van der Waals surface area contributed by atoms with Crippen molar-refractivity contribution >= 4 is 34.9 Å². The van der Waals surface area contributed by atoms with Crippen LogP contribution in [0, 0.1) is 20.8 Å². The average molecular weight is 485 g/mol. The number of ether oxygens (including phenoxy) is 1. The van der Waals surface area contributed by atoms with Gasteiger partial charge in [-0.3, -0.25) is 9.48 Å². The largest absolute Gasteiger partial charge is 0.488 e. The second-order valence-corrected chi connectivity index (χ2v) is 8.42. The molecule has 1 amide bonds. The maximum atomic E-state index is 12.9. The van der Waals surface area contributed by atoms with Crippen molar-refractivity contribution < 1.29 is 14.1 Å². The Morgan fingerprint density at radius 1 is 1.06 bits per heavy atom. The summed E-state index contributed by atoms with van der Waals surface area (Å²) in [4.78, 5) is 12.9. The summed E-state index contributed by atoms with van der Waals surface area (Å²) in [5.41, 5.74) is 3.32. The highest BCUT2D eigenvalue weighted by Gasteiger charge is 2.22. The van der Waals surface area contributed by atoms with Gasteiger partial charge in [0.15, 0.2) is 11.5 Å². The van der Waals surface area contributed by atoms with Crippen LogP contribution in [-0.4, -0.2) is 20.8 Å². The van der Waals surface area contributed by atoms with Crippen LogP contribution in [-0.2, 0) is 13.2 Å². The van der Waals surface area contributed by atoms with Crippen molar-refractivity contribution in [2.24, 2.45) is 0 Å². The van der Waals surface area contributed by atoms with Crippen molar-refractivity contribution in [1.82, 2.24) is 14.9 Å². The number of benzene rings is 2. The highest BCUT2D eigenvalue weighted by molar-refractivity contribution is 6.35. The van der Waals surface area contributed by atoms with E-state index in [1.165, 1.54) is 0 Å². The zero-order valence-corrected chi connectivity index (χ0v) is 19.9. The minimum absolute atomic E-state index is 0.154. The number of carbonyl (C=O) groups is 1. The van der Waals surface area contributed by atoms with Gasteiger partial charge in [-0.05, 0) is 44.5 Å². The maximum absolute atomic E-state index is 12.9. The van der Waals surface area contributed by atoms with E-state index < -0.39 is 5.91 Å². The smallest absolute Gasteiger partial charge is 0.279 e. The molecule has 0 unspecified atom stereocenters. The second-order valence-electron chi connectivity index (χ2n) is 7.60. The fourth-order valence-electron chi connectivity index (χ4n) is 3.35. The summed E-state index contributed by atoms with van der Waals surface area (Å²) < 4.78 is 12.9.